The molecule has 1 fully saturated rings. The van der Waals surface area contributed by atoms with E-state index in [1.807, 2.05) is 0 Å². The van der Waals surface area contributed by atoms with Crippen molar-refractivity contribution in [2.45, 2.75) is 13.0 Å². The molecule has 1 unspecified atom stereocenters. The van der Waals surface area contributed by atoms with E-state index in [9.17, 15) is 0 Å². The Bertz CT molecular complexity index is 327. The topological polar surface area (TPSA) is 3.24 Å². The Labute approximate surface area is 108 Å². The second kappa shape index (κ2) is 5.46. The SMILES string of the molecule is BrCC1CCN(Cc2ccccc2Br)C1. The summed E-state index contributed by atoms with van der Waals surface area (Å²) < 4.78 is 1.23. The molecule has 0 radical (unpaired) electrons. The molecule has 1 aliphatic rings. The van der Waals surface area contributed by atoms with Crippen LogP contribution in [0.15, 0.2) is 28.7 Å². The van der Waals surface area contributed by atoms with Crippen LogP contribution in [0.1, 0.15) is 12.0 Å². The lowest BCUT2D eigenvalue weighted by Gasteiger charge is -2.16. The van der Waals surface area contributed by atoms with Crippen LogP contribution in [0, 0.1) is 5.92 Å². The van der Waals surface area contributed by atoms with Crippen molar-refractivity contribution in [2.24, 2.45) is 5.92 Å². The first-order valence-electron chi connectivity index (χ1n) is 5.31. The Hall–Kier alpha value is 0.140. The molecule has 0 bridgehead atoms. The maximum absolute atomic E-state index is 3.60. The lowest BCUT2D eigenvalue weighted by atomic mass is 10.2. The van der Waals surface area contributed by atoms with Crippen molar-refractivity contribution in [3.63, 3.8) is 0 Å². The van der Waals surface area contributed by atoms with Gasteiger partial charge in [-0.1, -0.05) is 50.1 Å². The minimum Gasteiger partial charge on any atom is -0.299 e. The molecule has 1 heterocycles. The molecule has 1 aromatic rings. The number of nitrogens with zero attached hydrogens (tertiary/aromatic N) is 1. The van der Waals surface area contributed by atoms with Gasteiger partial charge in [0.05, 0.1) is 0 Å². The molecule has 0 saturated carbocycles. The first kappa shape index (κ1) is 11.6. The first-order chi connectivity index (χ1) is 7.29. The summed E-state index contributed by atoms with van der Waals surface area (Å²) in [6.45, 7) is 3.54. The summed E-state index contributed by atoms with van der Waals surface area (Å²) in [6, 6.07) is 8.50. The van der Waals surface area contributed by atoms with Gasteiger partial charge in [0.25, 0.3) is 0 Å². The van der Waals surface area contributed by atoms with E-state index in [0.29, 0.717) is 0 Å². The molecule has 15 heavy (non-hydrogen) atoms. The highest BCUT2D eigenvalue weighted by molar-refractivity contribution is 9.10. The van der Waals surface area contributed by atoms with Crippen molar-refractivity contribution in [3.8, 4) is 0 Å². The van der Waals surface area contributed by atoms with Crippen LogP contribution in [-0.2, 0) is 6.54 Å². The third-order valence-electron chi connectivity index (χ3n) is 2.94. The van der Waals surface area contributed by atoms with Gasteiger partial charge in [0.2, 0.25) is 0 Å². The molecule has 0 aliphatic carbocycles. The normalized spacial score (nSPS) is 22.1. The van der Waals surface area contributed by atoms with E-state index in [4.69, 9.17) is 0 Å². The molecule has 2 rings (SSSR count). The zero-order valence-corrected chi connectivity index (χ0v) is 11.8. The van der Waals surface area contributed by atoms with Crippen LogP contribution in [0.3, 0.4) is 0 Å². The van der Waals surface area contributed by atoms with Crippen molar-refractivity contribution in [1.29, 1.82) is 0 Å². The number of benzene rings is 1. The number of hydrogen-bond acceptors (Lipinski definition) is 1. The molecule has 1 atom stereocenters. The summed E-state index contributed by atoms with van der Waals surface area (Å²) in [6.07, 6.45) is 1.33. The first-order valence-corrected chi connectivity index (χ1v) is 7.23. The van der Waals surface area contributed by atoms with Crippen molar-refractivity contribution in [2.75, 3.05) is 18.4 Å². The number of halogens is 2. The van der Waals surface area contributed by atoms with Crippen LogP contribution >= 0.6 is 31.9 Å². The van der Waals surface area contributed by atoms with Crippen LogP contribution in [0.5, 0.6) is 0 Å². The van der Waals surface area contributed by atoms with Crippen LogP contribution in [0.25, 0.3) is 0 Å². The third kappa shape index (κ3) is 3.05. The minimum absolute atomic E-state index is 0.840. The number of rotatable bonds is 3. The Morgan fingerprint density at radius 1 is 1.33 bits per heavy atom. The maximum atomic E-state index is 3.60. The average molecular weight is 333 g/mol. The van der Waals surface area contributed by atoms with Gasteiger partial charge in [0.1, 0.15) is 0 Å². The zero-order valence-electron chi connectivity index (χ0n) is 8.63. The summed E-state index contributed by atoms with van der Waals surface area (Å²) in [5.74, 6) is 0.840. The van der Waals surface area contributed by atoms with Gasteiger partial charge in [-0.25, -0.2) is 0 Å². The van der Waals surface area contributed by atoms with Gasteiger partial charge in [-0.15, -0.1) is 0 Å². The monoisotopic (exact) mass is 331 g/mol. The lowest BCUT2D eigenvalue weighted by molar-refractivity contribution is 0.320. The van der Waals surface area contributed by atoms with E-state index in [0.717, 1.165) is 17.8 Å². The van der Waals surface area contributed by atoms with E-state index in [1.165, 1.54) is 29.5 Å². The predicted octanol–water partition coefficient (Wildman–Crippen LogP) is 3.67. The fourth-order valence-corrected chi connectivity index (χ4v) is 2.99. The standard InChI is InChI=1S/C12H15Br2N/c13-7-10-5-6-15(8-10)9-11-3-1-2-4-12(11)14/h1-4,10H,5-9H2. The van der Waals surface area contributed by atoms with Crippen molar-refractivity contribution in [1.82, 2.24) is 4.90 Å². The van der Waals surface area contributed by atoms with Crippen molar-refractivity contribution < 1.29 is 0 Å². The van der Waals surface area contributed by atoms with Gasteiger partial charge in [0, 0.05) is 22.9 Å². The summed E-state index contributed by atoms with van der Waals surface area (Å²) in [4.78, 5) is 2.53. The maximum Gasteiger partial charge on any atom is 0.0245 e. The molecular weight excluding hydrogens is 318 g/mol. The van der Waals surface area contributed by atoms with E-state index in [2.05, 4.69) is 61.0 Å². The fraction of sp³-hybridized carbons (Fsp3) is 0.500. The van der Waals surface area contributed by atoms with Gasteiger partial charge < -0.3 is 0 Å². The number of hydrogen-bond donors (Lipinski definition) is 0. The highest BCUT2D eigenvalue weighted by Crippen LogP contribution is 2.23. The lowest BCUT2D eigenvalue weighted by Crippen LogP contribution is -2.20. The molecule has 1 nitrogen and oxygen atoms in total. The quantitative estimate of drug-likeness (QED) is 0.763. The Morgan fingerprint density at radius 3 is 2.80 bits per heavy atom. The van der Waals surface area contributed by atoms with E-state index >= 15 is 0 Å². The van der Waals surface area contributed by atoms with E-state index in [1.54, 1.807) is 0 Å². The zero-order chi connectivity index (χ0) is 10.7. The van der Waals surface area contributed by atoms with Gasteiger partial charge >= 0.3 is 0 Å². The van der Waals surface area contributed by atoms with Crippen LogP contribution in [-0.4, -0.2) is 23.3 Å². The molecule has 0 aromatic heterocycles. The minimum atomic E-state index is 0.840. The Morgan fingerprint density at radius 2 is 2.13 bits per heavy atom. The molecule has 0 N–H and O–H groups in total. The van der Waals surface area contributed by atoms with Crippen LogP contribution < -0.4 is 0 Å². The molecule has 1 aromatic carbocycles. The summed E-state index contributed by atoms with van der Waals surface area (Å²) in [5, 5.41) is 1.14. The van der Waals surface area contributed by atoms with Crippen molar-refractivity contribution in [3.05, 3.63) is 34.3 Å². The highest BCUT2D eigenvalue weighted by atomic mass is 79.9. The van der Waals surface area contributed by atoms with E-state index < -0.39 is 0 Å². The van der Waals surface area contributed by atoms with Gasteiger partial charge in [-0.05, 0) is 30.5 Å². The average Bonchev–Trinajstić information content (AvgIpc) is 2.69. The third-order valence-corrected chi connectivity index (χ3v) is 4.63. The largest absolute Gasteiger partial charge is 0.299 e. The highest BCUT2D eigenvalue weighted by Gasteiger charge is 2.21. The van der Waals surface area contributed by atoms with E-state index in [-0.39, 0.29) is 0 Å². The fourth-order valence-electron chi connectivity index (χ4n) is 2.05. The molecule has 0 amide bonds. The van der Waals surface area contributed by atoms with Gasteiger partial charge in [-0.3, -0.25) is 4.90 Å². The molecule has 1 aliphatic heterocycles. The summed E-state index contributed by atoms with van der Waals surface area (Å²) >= 11 is 7.17. The van der Waals surface area contributed by atoms with Crippen LogP contribution in [0.2, 0.25) is 0 Å². The van der Waals surface area contributed by atoms with Gasteiger partial charge in [-0.2, -0.15) is 0 Å². The smallest absolute Gasteiger partial charge is 0.0245 e. The molecular formula is C12H15Br2N. The second-order valence-electron chi connectivity index (χ2n) is 4.14. The molecule has 0 spiro atoms. The summed E-state index contributed by atoms with van der Waals surface area (Å²) in [5.41, 5.74) is 1.40. The van der Waals surface area contributed by atoms with Crippen molar-refractivity contribution >= 4 is 31.9 Å². The summed E-state index contributed by atoms with van der Waals surface area (Å²) in [7, 11) is 0. The number of alkyl halides is 1. The number of likely N-dealkylation sites (tertiary alicyclic amines) is 1. The second-order valence-corrected chi connectivity index (χ2v) is 5.64. The molecule has 3 heteroatoms. The molecule has 1 saturated heterocycles. The molecule has 82 valence electrons. The van der Waals surface area contributed by atoms with Crippen LogP contribution in [0.4, 0.5) is 0 Å². The predicted molar refractivity (Wildman–Crippen MR) is 71.3 cm³/mol. The van der Waals surface area contributed by atoms with Gasteiger partial charge in [0.15, 0.2) is 0 Å². The Kier molecular flexibility index (Phi) is 4.23. The Balaban J connectivity index is 1.96.